The number of hydrogen-bond donors (Lipinski definition) is 0. The summed E-state index contributed by atoms with van der Waals surface area (Å²) >= 11 is 0. The van der Waals surface area contributed by atoms with E-state index in [4.69, 9.17) is 9.47 Å². The molecule has 0 saturated carbocycles. The predicted molar refractivity (Wildman–Crippen MR) is 102 cm³/mol. The summed E-state index contributed by atoms with van der Waals surface area (Å²) in [7, 11) is 0. The van der Waals surface area contributed by atoms with Crippen LogP contribution in [0.5, 0.6) is 0 Å². The summed E-state index contributed by atoms with van der Waals surface area (Å²) in [6.45, 7) is 5.82. The van der Waals surface area contributed by atoms with Crippen molar-refractivity contribution in [3.63, 3.8) is 0 Å². The molecule has 2 aromatic rings. The fourth-order valence-electron chi connectivity index (χ4n) is 3.33. The molecule has 26 heavy (non-hydrogen) atoms. The maximum atomic E-state index is 12.5. The van der Waals surface area contributed by atoms with Gasteiger partial charge in [-0.1, -0.05) is 60.7 Å². The fraction of sp³-hybridized carbons (Fsp3) is 0.409. The highest BCUT2D eigenvalue weighted by molar-refractivity contribution is 5.77. The number of benzene rings is 2. The Balaban J connectivity index is 1.37. The van der Waals surface area contributed by atoms with E-state index in [1.807, 2.05) is 55.5 Å². The van der Waals surface area contributed by atoms with Crippen LogP contribution in [0.3, 0.4) is 0 Å². The first kappa shape index (κ1) is 18.6. The summed E-state index contributed by atoms with van der Waals surface area (Å²) in [4.78, 5) is 14.8. The van der Waals surface area contributed by atoms with Crippen LogP contribution in [0.1, 0.15) is 24.5 Å². The normalized spacial score (nSPS) is 20.2. The number of likely N-dealkylation sites (tertiary alicyclic amines) is 1. The molecule has 1 atom stereocenters. The number of hydrogen-bond acceptors (Lipinski definition) is 4. The third-order valence-electron chi connectivity index (χ3n) is 4.87. The highest BCUT2D eigenvalue weighted by Crippen LogP contribution is 2.32. The highest BCUT2D eigenvalue weighted by Gasteiger charge is 2.41. The molecule has 3 rings (SSSR count). The number of esters is 1. The minimum atomic E-state index is -0.422. The number of nitrogens with zero attached hydrogens (tertiary/aromatic N) is 1. The van der Waals surface area contributed by atoms with Crippen molar-refractivity contribution in [2.24, 2.45) is 5.41 Å². The van der Waals surface area contributed by atoms with Gasteiger partial charge in [0.05, 0.1) is 18.6 Å². The smallest absolute Gasteiger partial charge is 0.313 e. The van der Waals surface area contributed by atoms with Gasteiger partial charge in [0.15, 0.2) is 0 Å². The highest BCUT2D eigenvalue weighted by atomic mass is 16.6. The van der Waals surface area contributed by atoms with Crippen LogP contribution in [0.15, 0.2) is 60.7 Å². The summed E-state index contributed by atoms with van der Waals surface area (Å²) in [5.41, 5.74) is 1.98. The molecule has 0 aromatic heterocycles. The maximum absolute atomic E-state index is 12.5. The first-order valence-corrected chi connectivity index (χ1v) is 9.21. The van der Waals surface area contributed by atoms with E-state index < -0.39 is 5.41 Å². The summed E-state index contributed by atoms with van der Waals surface area (Å²) in [6.07, 6.45) is 0.837. The lowest BCUT2D eigenvalue weighted by atomic mass is 9.90. The van der Waals surface area contributed by atoms with Gasteiger partial charge in [-0.15, -0.1) is 0 Å². The van der Waals surface area contributed by atoms with Crippen LogP contribution in [0.2, 0.25) is 0 Å². The second kappa shape index (κ2) is 8.97. The Morgan fingerprint density at radius 2 is 1.65 bits per heavy atom. The van der Waals surface area contributed by atoms with Crippen molar-refractivity contribution in [2.45, 2.75) is 26.5 Å². The summed E-state index contributed by atoms with van der Waals surface area (Å²) in [5, 5.41) is 0. The van der Waals surface area contributed by atoms with Crippen molar-refractivity contribution >= 4 is 5.97 Å². The Hall–Kier alpha value is -2.17. The molecule has 1 aliphatic rings. The lowest BCUT2D eigenvalue weighted by Gasteiger charge is -2.23. The summed E-state index contributed by atoms with van der Waals surface area (Å²) < 4.78 is 11.1. The average Bonchev–Trinajstić information content (AvgIpc) is 3.05. The van der Waals surface area contributed by atoms with E-state index in [1.54, 1.807) is 0 Å². The topological polar surface area (TPSA) is 38.8 Å². The summed E-state index contributed by atoms with van der Waals surface area (Å²) in [6, 6.07) is 20.4. The zero-order valence-electron chi connectivity index (χ0n) is 15.4. The van der Waals surface area contributed by atoms with Crippen LogP contribution in [0.25, 0.3) is 0 Å². The first-order chi connectivity index (χ1) is 12.7. The van der Waals surface area contributed by atoms with Crippen LogP contribution in [0, 0.1) is 5.41 Å². The third kappa shape index (κ3) is 5.16. The van der Waals surface area contributed by atoms with Crippen LogP contribution < -0.4 is 0 Å². The van der Waals surface area contributed by atoms with Crippen LogP contribution in [0.4, 0.5) is 0 Å². The molecule has 1 fully saturated rings. The second-order valence-electron chi connectivity index (χ2n) is 7.18. The summed E-state index contributed by atoms with van der Waals surface area (Å²) in [5.74, 6) is -0.114. The standard InChI is InChI=1S/C22H27NO3/c1-22(12-13-23(18-22)16-19-8-4-2-5-9-19)21(24)26-15-14-25-17-20-10-6-3-7-11-20/h2-11H,12-18H2,1H3. The monoisotopic (exact) mass is 353 g/mol. The van der Waals surface area contributed by atoms with E-state index in [-0.39, 0.29) is 5.97 Å². The quantitative estimate of drug-likeness (QED) is 0.536. The first-order valence-electron chi connectivity index (χ1n) is 9.21. The van der Waals surface area contributed by atoms with Gasteiger partial charge in [-0.05, 0) is 31.0 Å². The van der Waals surface area contributed by atoms with E-state index in [0.29, 0.717) is 19.8 Å². The minimum absolute atomic E-state index is 0.114. The number of rotatable bonds is 8. The van der Waals surface area contributed by atoms with Gasteiger partial charge in [0.1, 0.15) is 6.61 Å². The molecule has 0 aliphatic carbocycles. The second-order valence-corrected chi connectivity index (χ2v) is 7.18. The molecule has 4 nitrogen and oxygen atoms in total. The third-order valence-corrected chi connectivity index (χ3v) is 4.87. The Morgan fingerprint density at radius 1 is 1.00 bits per heavy atom. The molecule has 138 valence electrons. The van der Waals surface area contributed by atoms with Crippen LogP contribution in [-0.4, -0.2) is 37.2 Å². The molecule has 0 bridgehead atoms. The molecular formula is C22H27NO3. The Labute approximate surface area is 155 Å². The van der Waals surface area contributed by atoms with Crippen molar-refractivity contribution < 1.29 is 14.3 Å². The maximum Gasteiger partial charge on any atom is 0.313 e. The van der Waals surface area contributed by atoms with Crippen LogP contribution >= 0.6 is 0 Å². The Kier molecular flexibility index (Phi) is 6.42. The van der Waals surface area contributed by atoms with E-state index in [9.17, 15) is 4.79 Å². The van der Waals surface area contributed by atoms with Gasteiger partial charge in [-0.25, -0.2) is 0 Å². The zero-order chi connectivity index (χ0) is 18.2. The number of carbonyl (C=O) groups is 1. The molecule has 2 aromatic carbocycles. The van der Waals surface area contributed by atoms with Crippen molar-refractivity contribution in [1.82, 2.24) is 4.90 Å². The molecule has 1 saturated heterocycles. The van der Waals surface area contributed by atoms with Crippen LogP contribution in [-0.2, 0) is 27.4 Å². The average molecular weight is 353 g/mol. The van der Waals surface area contributed by atoms with E-state index >= 15 is 0 Å². The molecule has 1 heterocycles. The SMILES string of the molecule is CC1(C(=O)OCCOCc2ccccc2)CCN(Cc2ccccc2)C1. The Morgan fingerprint density at radius 3 is 2.35 bits per heavy atom. The molecular weight excluding hydrogens is 326 g/mol. The van der Waals surface area contributed by atoms with Crippen molar-refractivity contribution in [2.75, 3.05) is 26.3 Å². The van der Waals surface area contributed by atoms with Gasteiger partial charge in [0, 0.05) is 13.1 Å². The van der Waals surface area contributed by atoms with Gasteiger partial charge in [-0.3, -0.25) is 9.69 Å². The van der Waals surface area contributed by atoms with E-state index in [1.165, 1.54) is 5.56 Å². The predicted octanol–water partition coefficient (Wildman–Crippen LogP) is 3.66. The van der Waals surface area contributed by atoms with Crippen molar-refractivity contribution in [3.05, 3.63) is 71.8 Å². The molecule has 1 aliphatic heterocycles. The molecule has 0 N–H and O–H groups in total. The molecule has 1 unspecified atom stereocenters. The zero-order valence-corrected chi connectivity index (χ0v) is 15.4. The Bertz CT molecular complexity index is 689. The van der Waals surface area contributed by atoms with Gasteiger partial charge >= 0.3 is 5.97 Å². The molecule has 0 amide bonds. The van der Waals surface area contributed by atoms with E-state index in [2.05, 4.69) is 17.0 Å². The molecule has 0 spiro atoms. The fourth-order valence-corrected chi connectivity index (χ4v) is 3.33. The minimum Gasteiger partial charge on any atom is -0.463 e. The molecule has 4 heteroatoms. The van der Waals surface area contributed by atoms with Gasteiger partial charge in [0.25, 0.3) is 0 Å². The molecule has 0 radical (unpaired) electrons. The lowest BCUT2D eigenvalue weighted by molar-refractivity contribution is -0.155. The number of ether oxygens (including phenoxy) is 2. The van der Waals surface area contributed by atoms with Gasteiger partial charge in [-0.2, -0.15) is 0 Å². The van der Waals surface area contributed by atoms with Gasteiger partial charge in [0.2, 0.25) is 0 Å². The van der Waals surface area contributed by atoms with Crippen molar-refractivity contribution in [1.29, 1.82) is 0 Å². The van der Waals surface area contributed by atoms with Gasteiger partial charge < -0.3 is 9.47 Å². The lowest BCUT2D eigenvalue weighted by Crippen LogP contribution is -2.34. The largest absolute Gasteiger partial charge is 0.463 e. The number of carbonyl (C=O) groups excluding carboxylic acids is 1. The van der Waals surface area contributed by atoms with Crippen molar-refractivity contribution in [3.8, 4) is 0 Å². The van der Waals surface area contributed by atoms with E-state index in [0.717, 1.165) is 31.6 Å².